The SMILES string of the molecule is Cc1cc(OCCN(C)C2CNC2)ccc1C(C)C. The quantitative estimate of drug-likeness (QED) is 0.852. The third-order valence-corrected chi connectivity index (χ3v) is 3.96. The Morgan fingerprint density at radius 2 is 2.11 bits per heavy atom. The molecule has 0 aromatic heterocycles. The van der Waals surface area contributed by atoms with Gasteiger partial charge in [-0.15, -0.1) is 0 Å². The maximum atomic E-state index is 5.85. The molecule has 0 unspecified atom stereocenters. The van der Waals surface area contributed by atoms with Crippen molar-refractivity contribution in [1.82, 2.24) is 10.2 Å². The molecular formula is C16H26N2O. The van der Waals surface area contributed by atoms with Crippen molar-refractivity contribution in [1.29, 1.82) is 0 Å². The summed E-state index contributed by atoms with van der Waals surface area (Å²) in [6, 6.07) is 7.12. The lowest BCUT2D eigenvalue weighted by molar-refractivity contribution is 0.151. The molecule has 106 valence electrons. The summed E-state index contributed by atoms with van der Waals surface area (Å²) in [6.07, 6.45) is 0. The van der Waals surface area contributed by atoms with E-state index in [2.05, 4.69) is 56.2 Å². The van der Waals surface area contributed by atoms with E-state index in [0.29, 0.717) is 12.0 Å². The van der Waals surface area contributed by atoms with Crippen LogP contribution in [0.3, 0.4) is 0 Å². The van der Waals surface area contributed by atoms with Crippen molar-refractivity contribution in [2.24, 2.45) is 0 Å². The highest BCUT2D eigenvalue weighted by Crippen LogP contribution is 2.23. The summed E-state index contributed by atoms with van der Waals surface area (Å²) in [4.78, 5) is 2.37. The molecule has 0 amide bonds. The maximum Gasteiger partial charge on any atom is 0.119 e. The third kappa shape index (κ3) is 3.71. The van der Waals surface area contributed by atoms with Gasteiger partial charge in [-0.25, -0.2) is 0 Å². The number of aryl methyl sites for hydroxylation is 1. The summed E-state index contributed by atoms with van der Waals surface area (Å²) in [6.45, 7) is 10.6. The van der Waals surface area contributed by atoms with Crippen molar-refractivity contribution >= 4 is 0 Å². The highest BCUT2D eigenvalue weighted by molar-refractivity contribution is 5.36. The number of hydrogen-bond donors (Lipinski definition) is 1. The molecular weight excluding hydrogens is 236 g/mol. The minimum absolute atomic E-state index is 0.575. The molecule has 1 heterocycles. The number of benzene rings is 1. The zero-order valence-electron chi connectivity index (χ0n) is 12.6. The maximum absolute atomic E-state index is 5.85. The molecule has 3 nitrogen and oxygen atoms in total. The lowest BCUT2D eigenvalue weighted by Gasteiger charge is -2.35. The predicted molar refractivity (Wildman–Crippen MR) is 80.1 cm³/mol. The molecule has 0 saturated carbocycles. The zero-order valence-corrected chi connectivity index (χ0v) is 12.6. The molecule has 19 heavy (non-hydrogen) atoms. The van der Waals surface area contributed by atoms with Gasteiger partial charge in [0, 0.05) is 25.7 Å². The highest BCUT2D eigenvalue weighted by atomic mass is 16.5. The Balaban J connectivity index is 1.81. The molecule has 1 fully saturated rings. The van der Waals surface area contributed by atoms with E-state index in [-0.39, 0.29) is 0 Å². The Morgan fingerprint density at radius 1 is 1.37 bits per heavy atom. The van der Waals surface area contributed by atoms with Crippen LogP contribution in [0.4, 0.5) is 0 Å². The first-order valence-electron chi connectivity index (χ1n) is 7.22. The van der Waals surface area contributed by atoms with Gasteiger partial charge in [-0.1, -0.05) is 19.9 Å². The van der Waals surface area contributed by atoms with Crippen LogP contribution in [-0.2, 0) is 0 Å². The molecule has 1 N–H and O–H groups in total. The van der Waals surface area contributed by atoms with Crippen LogP contribution >= 0.6 is 0 Å². The molecule has 3 heteroatoms. The van der Waals surface area contributed by atoms with Gasteiger partial charge in [0.2, 0.25) is 0 Å². The van der Waals surface area contributed by atoms with E-state index in [9.17, 15) is 0 Å². The minimum atomic E-state index is 0.575. The standard InChI is InChI=1S/C16H26N2O/c1-12(2)16-6-5-15(9-13(16)3)19-8-7-18(4)14-10-17-11-14/h5-6,9,12,14,17H,7-8,10-11H2,1-4H3. The Bertz CT molecular complexity index is 413. The van der Waals surface area contributed by atoms with E-state index < -0.39 is 0 Å². The van der Waals surface area contributed by atoms with Gasteiger partial charge >= 0.3 is 0 Å². The van der Waals surface area contributed by atoms with Gasteiger partial charge < -0.3 is 10.1 Å². The van der Waals surface area contributed by atoms with E-state index in [1.807, 2.05) is 0 Å². The molecule has 0 atom stereocenters. The van der Waals surface area contributed by atoms with E-state index in [4.69, 9.17) is 4.74 Å². The molecule has 0 aliphatic carbocycles. The summed E-state index contributed by atoms with van der Waals surface area (Å²) < 4.78 is 5.85. The normalized spacial score (nSPS) is 15.9. The summed E-state index contributed by atoms with van der Waals surface area (Å²) >= 11 is 0. The fourth-order valence-electron chi connectivity index (χ4n) is 2.46. The van der Waals surface area contributed by atoms with E-state index in [1.165, 1.54) is 11.1 Å². The average Bonchev–Trinajstić information content (AvgIpc) is 2.26. The lowest BCUT2D eigenvalue weighted by atomic mass is 9.98. The van der Waals surface area contributed by atoms with E-state index >= 15 is 0 Å². The molecule has 2 rings (SSSR count). The van der Waals surface area contributed by atoms with Crippen LogP contribution < -0.4 is 10.1 Å². The summed E-state index contributed by atoms with van der Waals surface area (Å²) in [5, 5.41) is 3.29. The van der Waals surface area contributed by atoms with Crippen LogP contribution in [0, 0.1) is 6.92 Å². The van der Waals surface area contributed by atoms with Crippen molar-refractivity contribution in [2.75, 3.05) is 33.3 Å². The Hall–Kier alpha value is -1.06. The van der Waals surface area contributed by atoms with Gasteiger partial charge in [0.15, 0.2) is 0 Å². The first-order valence-corrected chi connectivity index (χ1v) is 7.22. The smallest absolute Gasteiger partial charge is 0.119 e. The predicted octanol–water partition coefficient (Wildman–Crippen LogP) is 2.40. The van der Waals surface area contributed by atoms with Crippen LogP contribution in [0.2, 0.25) is 0 Å². The minimum Gasteiger partial charge on any atom is -0.492 e. The molecule has 0 spiro atoms. The molecule has 0 radical (unpaired) electrons. The molecule has 1 aliphatic rings. The Labute approximate surface area is 116 Å². The molecule has 1 aromatic rings. The number of ether oxygens (including phenoxy) is 1. The van der Waals surface area contributed by atoms with Gasteiger partial charge in [0.25, 0.3) is 0 Å². The Kier molecular flexibility index (Phi) is 4.83. The fourth-order valence-corrected chi connectivity index (χ4v) is 2.46. The number of nitrogens with one attached hydrogen (secondary N) is 1. The van der Waals surface area contributed by atoms with Crippen LogP contribution in [0.5, 0.6) is 5.75 Å². The van der Waals surface area contributed by atoms with Crippen LogP contribution in [0.15, 0.2) is 18.2 Å². The first kappa shape index (κ1) is 14.4. The lowest BCUT2D eigenvalue weighted by Crippen LogP contribution is -2.56. The van der Waals surface area contributed by atoms with E-state index in [0.717, 1.165) is 32.0 Å². The van der Waals surface area contributed by atoms with Gasteiger partial charge in [-0.3, -0.25) is 4.90 Å². The molecule has 1 saturated heterocycles. The van der Waals surface area contributed by atoms with Crippen LogP contribution in [-0.4, -0.2) is 44.2 Å². The molecule has 0 bridgehead atoms. The summed E-state index contributed by atoms with van der Waals surface area (Å²) in [5.74, 6) is 1.56. The average molecular weight is 262 g/mol. The number of likely N-dealkylation sites (N-methyl/N-ethyl adjacent to an activating group) is 1. The second-order valence-electron chi connectivity index (χ2n) is 5.81. The number of hydrogen-bond acceptors (Lipinski definition) is 3. The van der Waals surface area contributed by atoms with Crippen molar-refractivity contribution in [2.45, 2.75) is 32.7 Å². The largest absolute Gasteiger partial charge is 0.492 e. The van der Waals surface area contributed by atoms with E-state index in [1.54, 1.807) is 0 Å². The fraction of sp³-hybridized carbons (Fsp3) is 0.625. The van der Waals surface area contributed by atoms with Gasteiger partial charge in [-0.05, 0) is 43.1 Å². The second kappa shape index (κ2) is 6.40. The zero-order chi connectivity index (χ0) is 13.8. The summed E-state index contributed by atoms with van der Waals surface area (Å²) in [5.41, 5.74) is 2.73. The van der Waals surface area contributed by atoms with Gasteiger partial charge in [0.1, 0.15) is 12.4 Å². The number of rotatable bonds is 6. The van der Waals surface area contributed by atoms with Crippen molar-refractivity contribution < 1.29 is 4.74 Å². The molecule has 1 aromatic carbocycles. The van der Waals surface area contributed by atoms with Crippen LogP contribution in [0.1, 0.15) is 30.9 Å². The van der Waals surface area contributed by atoms with Crippen molar-refractivity contribution in [3.05, 3.63) is 29.3 Å². The van der Waals surface area contributed by atoms with Gasteiger partial charge in [0.05, 0.1) is 0 Å². The molecule has 1 aliphatic heterocycles. The second-order valence-corrected chi connectivity index (χ2v) is 5.81. The van der Waals surface area contributed by atoms with Crippen LogP contribution in [0.25, 0.3) is 0 Å². The number of nitrogens with zero attached hydrogens (tertiary/aromatic N) is 1. The van der Waals surface area contributed by atoms with Gasteiger partial charge in [-0.2, -0.15) is 0 Å². The summed E-state index contributed by atoms with van der Waals surface area (Å²) in [7, 11) is 2.17. The third-order valence-electron chi connectivity index (χ3n) is 3.96. The topological polar surface area (TPSA) is 24.5 Å². The first-order chi connectivity index (χ1) is 9.08. The van der Waals surface area contributed by atoms with Crippen molar-refractivity contribution in [3.63, 3.8) is 0 Å². The highest BCUT2D eigenvalue weighted by Gasteiger charge is 2.20. The van der Waals surface area contributed by atoms with Crippen molar-refractivity contribution in [3.8, 4) is 5.75 Å². The Morgan fingerprint density at radius 3 is 2.63 bits per heavy atom. The monoisotopic (exact) mass is 262 g/mol.